The van der Waals surface area contributed by atoms with Gasteiger partial charge in [0.05, 0.1) is 17.7 Å². The Bertz CT molecular complexity index is 691. The largest absolute Gasteiger partial charge is 0.506 e. The summed E-state index contributed by atoms with van der Waals surface area (Å²) in [7, 11) is 1.58. The van der Waals surface area contributed by atoms with E-state index < -0.39 is 0 Å². The predicted octanol–water partition coefficient (Wildman–Crippen LogP) is 4.60. The van der Waals surface area contributed by atoms with E-state index in [2.05, 4.69) is 0 Å². The number of carbonyl (C=O) groups is 1. The van der Waals surface area contributed by atoms with E-state index in [1.165, 1.54) is 18.2 Å². The van der Waals surface area contributed by atoms with Crippen molar-refractivity contribution in [2.24, 2.45) is 0 Å². The highest BCUT2D eigenvalue weighted by molar-refractivity contribution is 6.36. The summed E-state index contributed by atoms with van der Waals surface area (Å²) in [5.41, 5.74) is 0.897. The van der Waals surface area contributed by atoms with Gasteiger partial charge in [-0.1, -0.05) is 41.4 Å². The minimum Gasteiger partial charge on any atom is -0.506 e. The van der Waals surface area contributed by atoms with E-state index >= 15 is 0 Å². The number of carbonyl (C=O) groups excluding carboxylic acids is 1. The number of phenols is 1. The number of hydrogen-bond acceptors (Lipinski definition) is 3. The first-order chi connectivity index (χ1) is 10.0. The van der Waals surface area contributed by atoms with Gasteiger partial charge >= 0.3 is 0 Å². The number of hydrogen-bond donors (Lipinski definition) is 1. The molecule has 0 spiro atoms. The summed E-state index contributed by atoms with van der Waals surface area (Å²) in [5, 5.41) is 10.1. The molecule has 0 aromatic heterocycles. The highest BCUT2D eigenvalue weighted by Crippen LogP contribution is 2.31. The van der Waals surface area contributed by atoms with E-state index in [-0.39, 0.29) is 22.1 Å². The molecule has 1 N–H and O–H groups in total. The molecule has 2 rings (SSSR count). The molecule has 108 valence electrons. The Morgan fingerprint density at radius 3 is 2.48 bits per heavy atom. The van der Waals surface area contributed by atoms with Crippen molar-refractivity contribution < 1.29 is 14.6 Å². The van der Waals surface area contributed by atoms with Crippen molar-refractivity contribution in [3.63, 3.8) is 0 Å². The topological polar surface area (TPSA) is 46.5 Å². The molecule has 0 radical (unpaired) electrons. The maximum atomic E-state index is 12.1. The molecule has 0 fully saturated rings. The van der Waals surface area contributed by atoms with Crippen molar-refractivity contribution in [1.82, 2.24) is 0 Å². The first-order valence-corrected chi connectivity index (χ1v) is 6.81. The Kier molecular flexibility index (Phi) is 4.89. The fraction of sp³-hybridized carbons (Fsp3) is 0.0625. The lowest BCUT2D eigenvalue weighted by atomic mass is 10.1. The number of methoxy groups -OCH3 is 1. The first kappa shape index (κ1) is 15.4. The van der Waals surface area contributed by atoms with Gasteiger partial charge in [-0.3, -0.25) is 4.79 Å². The van der Waals surface area contributed by atoms with Gasteiger partial charge in [-0.15, -0.1) is 0 Å². The van der Waals surface area contributed by atoms with Crippen LogP contribution in [0, 0.1) is 0 Å². The zero-order valence-electron chi connectivity index (χ0n) is 11.1. The molecular weight excluding hydrogens is 311 g/mol. The highest BCUT2D eigenvalue weighted by Gasteiger charge is 2.13. The van der Waals surface area contributed by atoms with Gasteiger partial charge < -0.3 is 9.84 Å². The molecule has 0 aliphatic heterocycles. The average molecular weight is 323 g/mol. The number of rotatable bonds is 4. The SMILES string of the molecule is COc1ccc(/C=C/C(=O)c2cc(Cl)cc(Cl)c2O)cc1. The Hall–Kier alpha value is -1.97. The fourth-order valence-corrected chi connectivity index (χ4v) is 2.22. The average Bonchev–Trinajstić information content (AvgIpc) is 2.49. The molecule has 0 amide bonds. The van der Waals surface area contributed by atoms with Crippen LogP contribution in [0.5, 0.6) is 11.5 Å². The minimum atomic E-state index is -0.382. The Morgan fingerprint density at radius 2 is 1.86 bits per heavy atom. The van der Waals surface area contributed by atoms with E-state index in [1.807, 2.05) is 12.1 Å². The third-order valence-corrected chi connectivity index (χ3v) is 3.34. The van der Waals surface area contributed by atoms with Crippen LogP contribution in [-0.4, -0.2) is 18.0 Å². The summed E-state index contributed by atoms with van der Waals surface area (Å²) >= 11 is 11.6. The quantitative estimate of drug-likeness (QED) is 0.660. The predicted molar refractivity (Wildman–Crippen MR) is 84.5 cm³/mol. The van der Waals surface area contributed by atoms with Crippen molar-refractivity contribution in [2.75, 3.05) is 7.11 Å². The van der Waals surface area contributed by atoms with E-state index in [1.54, 1.807) is 25.3 Å². The maximum absolute atomic E-state index is 12.1. The van der Waals surface area contributed by atoms with Crippen LogP contribution in [0.3, 0.4) is 0 Å². The molecule has 21 heavy (non-hydrogen) atoms. The fourth-order valence-electron chi connectivity index (χ4n) is 1.73. The van der Waals surface area contributed by atoms with Gasteiger partial charge in [0.1, 0.15) is 11.5 Å². The van der Waals surface area contributed by atoms with Crippen molar-refractivity contribution >= 4 is 35.1 Å². The Balaban J connectivity index is 2.22. The van der Waals surface area contributed by atoms with Crippen molar-refractivity contribution in [3.8, 4) is 11.5 Å². The van der Waals surface area contributed by atoms with E-state index in [0.717, 1.165) is 11.3 Å². The van der Waals surface area contributed by atoms with Crippen LogP contribution in [0.4, 0.5) is 0 Å². The van der Waals surface area contributed by atoms with Crippen LogP contribution < -0.4 is 4.74 Å². The molecule has 0 saturated heterocycles. The van der Waals surface area contributed by atoms with E-state index in [0.29, 0.717) is 5.02 Å². The number of aromatic hydroxyl groups is 1. The molecule has 3 nitrogen and oxygen atoms in total. The number of halogens is 2. The molecule has 2 aromatic rings. The molecular formula is C16H12Cl2O3. The zero-order valence-corrected chi connectivity index (χ0v) is 12.7. The second kappa shape index (κ2) is 6.66. The zero-order chi connectivity index (χ0) is 15.4. The standard InChI is InChI=1S/C16H12Cl2O3/c1-21-12-5-2-10(3-6-12)4-7-15(19)13-8-11(17)9-14(18)16(13)20/h2-9,20H,1H3/b7-4+. The van der Waals surface area contributed by atoms with Crippen molar-refractivity contribution in [1.29, 1.82) is 0 Å². The van der Waals surface area contributed by atoms with E-state index in [4.69, 9.17) is 27.9 Å². The van der Waals surface area contributed by atoms with Gasteiger partial charge in [0.25, 0.3) is 0 Å². The molecule has 0 bridgehead atoms. The molecule has 0 saturated carbocycles. The van der Waals surface area contributed by atoms with Crippen LogP contribution in [0.1, 0.15) is 15.9 Å². The minimum absolute atomic E-state index is 0.0451. The third-order valence-electron chi connectivity index (χ3n) is 2.84. The van der Waals surface area contributed by atoms with Gasteiger partial charge in [0.2, 0.25) is 0 Å². The Morgan fingerprint density at radius 1 is 1.19 bits per heavy atom. The smallest absolute Gasteiger partial charge is 0.189 e. The van der Waals surface area contributed by atoms with Crippen molar-refractivity contribution in [2.45, 2.75) is 0 Å². The second-order valence-electron chi connectivity index (χ2n) is 4.25. The summed E-state index contributed by atoms with van der Waals surface area (Å²) in [6.45, 7) is 0. The lowest BCUT2D eigenvalue weighted by molar-refractivity contribution is 0.104. The summed E-state index contributed by atoms with van der Waals surface area (Å²) < 4.78 is 5.05. The van der Waals surface area contributed by atoms with Crippen LogP contribution in [0.2, 0.25) is 10.0 Å². The van der Waals surface area contributed by atoms with Crippen LogP contribution in [-0.2, 0) is 0 Å². The Labute approximate surface area is 132 Å². The molecule has 0 heterocycles. The second-order valence-corrected chi connectivity index (χ2v) is 5.10. The first-order valence-electron chi connectivity index (χ1n) is 6.05. The summed E-state index contributed by atoms with van der Waals surface area (Å²) in [5.74, 6) is 0.0795. The highest BCUT2D eigenvalue weighted by atomic mass is 35.5. The molecule has 0 unspecified atom stereocenters. The molecule has 2 aromatic carbocycles. The van der Waals surface area contributed by atoms with Crippen molar-refractivity contribution in [3.05, 3.63) is 63.6 Å². The lowest BCUT2D eigenvalue weighted by Crippen LogP contribution is -1.95. The number of benzene rings is 2. The number of ether oxygens (including phenoxy) is 1. The number of allylic oxidation sites excluding steroid dienone is 1. The number of ketones is 1. The summed E-state index contributed by atoms with van der Waals surface area (Å²) in [4.78, 5) is 12.1. The third kappa shape index (κ3) is 3.78. The number of phenolic OH excluding ortho intramolecular Hbond substituents is 1. The van der Waals surface area contributed by atoms with Crippen LogP contribution in [0.15, 0.2) is 42.5 Å². The molecule has 0 aliphatic rings. The molecule has 5 heteroatoms. The molecule has 0 aliphatic carbocycles. The van der Waals surface area contributed by atoms with Gasteiger partial charge in [-0.2, -0.15) is 0 Å². The summed E-state index contributed by atoms with van der Waals surface area (Å²) in [6.07, 6.45) is 2.99. The van der Waals surface area contributed by atoms with Gasteiger partial charge in [0, 0.05) is 5.02 Å². The van der Waals surface area contributed by atoms with Crippen LogP contribution >= 0.6 is 23.2 Å². The van der Waals surface area contributed by atoms with Crippen LogP contribution in [0.25, 0.3) is 6.08 Å². The van der Waals surface area contributed by atoms with Gasteiger partial charge in [-0.25, -0.2) is 0 Å². The molecule has 0 atom stereocenters. The summed E-state index contributed by atoms with van der Waals surface area (Å²) in [6, 6.07) is 9.96. The van der Waals surface area contributed by atoms with Gasteiger partial charge in [0.15, 0.2) is 5.78 Å². The normalized spacial score (nSPS) is 10.8. The van der Waals surface area contributed by atoms with Gasteiger partial charge in [-0.05, 0) is 35.9 Å². The lowest BCUT2D eigenvalue weighted by Gasteiger charge is -2.04. The monoisotopic (exact) mass is 322 g/mol. The maximum Gasteiger partial charge on any atom is 0.189 e. The van der Waals surface area contributed by atoms with E-state index in [9.17, 15) is 9.90 Å².